The standard InChI is InChI=1S/C19H18N2O3.C12H10ClNO2/c1-3-21-18(22)16(13-7-5-4-6-8-13)17(19(21)23)20-14-9-11-15(24-2)12-10-14;1-2-14-11(15)9(10(13)12(14)16)8-6-4-3-5-7-8/h4-12,20H,3H2,1-2H3;3-7H,2H2,1H3. The quantitative estimate of drug-likeness (QED) is 0.414. The molecule has 0 atom stereocenters. The molecular weight excluding hydrogens is 530 g/mol. The van der Waals surface area contributed by atoms with Crippen molar-refractivity contribution in [1.82, 2.24) is 9.80 Å². The van der Waals surface area contributed by atoms with Crippen molar-refractivity contribution in [2.45, 2.75) is 13.8 Å². The van der Waals surface area contributed by atoms with Crippen LogP contribution in [-0.2, 0) is 19.2 Å². The highest BCUT2D eigenvalue weighted by Gasteiger charge is 2.38. The van der Waals surface area contributed by atoms with Crippen LogP contribution in [0, 0.1) is 0 Å². The highest BCUT2D eigenvalue weighted by molar-refractivity contribution is 6.55. The first kappa shape index (κ1) is 28.3. The van der Waals surface area contributed by atoms with Crippen molar-refractivity contribution in [3.8, 4) is 5.75 Å². The highest BCUT2D eigenvalue weighted by atomic mass is 35.5. The molecule has 0 aliphatic carbocycles. The van der Waals surface area contributed by atoms with Crippen molar-refractivity contribution in [1.29, 1.82) is 0 Å². The number of ether oxygens (including phenoxy) is 1. The van der Waals surface area contributed by atoms with Gasteiger partial charge in [0, 0.05) is 18.8 Å². The van der Waals surface area contributed by atoms with Crippen LogP contribution in [-0.4, -0.2) is 53.6 Å². The molecule has 9 heteroatoms. The summed E-state index contributed by atoms with van der Waals surface area (Å²) in [6.45, 7) is 4.20. The van der Waals surface area contributed by atoms with Crippen LogP contribution >= 0.6 is 11.6 Å². The number of hydrogen-bond acceptors (Lipinski definition) is 6. The molecular formula is C31H28ClN3O5. The fraction of sp³-hybridized carbons (Fsp3) is 0.161. The highest BCUT2D eigenvalue weighted by Crippen LogP contribution is 2.32. The molecule has 2 aliphatic heterocycles. The topological polar surface area (TPSA) is 96.0 Å². The van der Waals surface area contributed by atoms with Crippen LogP contribution < -0.4 is 10.1 Å². The van der Waals surface area contributed by atoms with E-state index in [-0.39, 0.29) is 22.8 Å². The Kier molecular flexibility index (Phi) is 8.81. The van der Waals surface area contributed by atoms with Gasteiger partial charge in [-0.05, 0) is 49.2 Å². The normalized spacial score (nSPS) is 15.1. The van der Waals surface area contributed by atoms with Crippen molar-refractivity contribution >= 4 is 52.1 Å². The van der Waals surface area contributed by atoms with Crippen LogP contribution in [0.25, 0.3) is 11.1 Å². The molecule has 4 amide bonds. The van der Waals surface area contributed by atoms with Gasteiger partial charge in [-0.15, -0.1) is 0 Å². The van der Waals surface area contributed by atoms with Crippen molar-refractivity contribution in [2.75, 3.05) is 25.5 Å². The Bertz CT molecular complexity index is 1500. The average Bonchev–Trinajstić information content (AvgIpc) is 3.35. The van der Waals surface area contributed by atoms with E-state index in [0.717, 1.165) is 21.9 Å². The van der Waals surface area contributed by atoms with Crippen LogP contribution in [0.15, 0.2) is 95.7 Å². The third-order valence-electron chi connectivity index (χ3n) is 6.40. The molecule has 3 aromatic carbocycles. The molecule has 0 fully saturated rings. The van der Waals surface area contributed by atoms with Crippen LogP contribution in [0.1, 0.15) is 25.0 Å². The second kappa shape index (κ2) is 12.4. The van der Waals surface area contributed by atoms with Gasteiger partial charge in [0.05, 0.1) is 18.3 Å². The maximum atomic E-state index is 12.6. The molecule has 0 saturated heterocycles. The van der Waals surface area contributed by atoms with Gasteiger partial charge in [0.25, 0.3) is 23.6 Å². The van der Waals surface area contributed by atoms with Gasteiger partial charge in [-0.25, -0.2) is 0 Å². The van der Waals surface area contributed by atoms with Gasteiger partial charge in [-0.1, -0.05) is 72.3 Å². The molecule has 0 saturated carbocycles. The van der Waals surface area contributed by atoms with Crippen LogP contribution in [0.2, 0.25) is 0 Å². The summed E-state index contributed by atoms with van der Waals surface area (Å²) in [6, 6.07) is 25.4. The number of benzene rings is 3. The minimum Gasteiger partial charge on any atom is -0.497 e. The third kappa shape index (κ3) is 5.53. The molecule has 8 nitrogen and oxygen atoms in total. The Labute approximate surface area is 237 Å². The number of imide groups is 2. The molecule has 204 valence electrons. The van der Waals surface area contributed by atoms with E-state index in [2.05, 4.69) is 5.32 Å². The fourth-order valence-corrected chi connectivity index (χ4v) is 4.65. The van der Waals surface area contributed by atoms with Gasteiger partial charge in [-0.3, -0.25) is 29.0 Å². The van der Waals surface area contributed by atoms with Gasteiger partial charge >= 0.3 is 0 Å². The average molecular weight is 558 g/mol. The Hall–Kier alpha value is -4.69. The number of carbonyl (C=O) groups excluding carboxylic acids is 4. The SMILES string of the molecule is CCN1C(=O)C(Cl)=C(c2ccccc2)C1=O.CCN1C(=O)C(Nc2ccc(OC)cc2)=C(c2ccccc2)C1=O. The number of rotatable bonds is 7. The van der Waals surface area contributed by atoms with Crippen LogP contribution in [0.5, 0.6) is 5.75 Å². The Morgan fingerprint density at radius 1 is 0.650 bits per heavy atom. The van der Waals surface area contributed by atoms with Crippen molar-refractivity contribution in [2.24, 2.45) is 0 Å². The lowest BCUT2D eigenvalue weighted by Crippen LogP contribution is -2.32. The zero-order chi connectivity index (χ0) is 28.8. The van der Waals surface area contributed by atoms with E-state index in [0.29, 0.717) is 35.5 Å². The maximum Gasteiger partial charge on any atom is 0.278 e. The zero-order valence-electron chi connectivity index (χ0n) is 22.3. The van der Waals surface area contributed by atoms with Crippen LogP contribution in [0.3, 0.4) is 0 Å². The molecule has 0 radical (unpaired) electrons. The summed E-state index contributed by atoms with van der Waals surface area (Å²) in [7, 11) is 1.59. The van der Waals surface area contributed by atoms with E-state index in [1.54, 1.807) is 69.5 Å². The number of carbonyl (C=O) groups is 4. The van der Waals surface area contributed by atoms with Gasteiger partial charge in [-0.2, -0.15) is 0 Å². The maximum absolute atomic E-state index is 12.6. The zero-order valence-corrected chi connectivity index (χ0v) is 23.1. The van der Waals surface area contributed by atoms with E-state index in [1.807, 2.05) is 36.4 Å². The van der Waals surface area contributed by atoms with E-state index in [4.69, 9.17) is 16.3 Å². The Balaban J connectivity index is 0.000000201. The third-order valence-corrected chi connectivity index (χ3v) is 6.75. The molecule has 2 heterocycles. The number of nitrogens with one attached hydrogen (secondary N) is 1. The van der Waals surface area contributed by atoms with E-state index >= 15 is 0 Å². The summed E-state index contributed by atoms with van der Waals surface area (Å²) in [4.78, 5) is 51.2. The number of nitrogens with zero attached hydrogens (tertiary/aromatic N) is 2. The number of likely N-dealkylation sites (N-methyl/N-ethyl adjacent to an activating group) is 2. The Morgan fingerprint density at radius 2 is 1.12 bits per heavy atom. The largest absolute Gasteiger partial charge is 0.497 e. The second-order valence-electron chi connectivity index (χ2n) is 8.73. The summed E-state index contributed by atoms with van der Waals surface area (Å²) in [6.07, 6.45) is 0. The summed E-state index contributed by atoms with van der Waals surface area (Å²) in [5.41, 5.74) is 3.13. The molecule has 0 aromatic heterocycles. The lowest BCUT2D eigenvalue weighted by atomic mass is 10.0. The minimum atomic E-state index is -0.409. The molecule has 3 aromatic rings. The molecule has 40 heavy (non-hydrogen) atoms. The predicted octanol–water partition coefficient (Wildman–Crippen LogP) is 4.93. The summed E-state index contributed by atoms with van der Waals surface area (Å²) in [5.74, 6) is -0.583. The smallest absolute Gasteiger partial charge is 0.278 e. The molecule has 5 rings (SSSR count). The second-order valence-corrected chi connectivity index (χ2v) is 9.11. The van der Waals surface area contributed by atoms with Gasteiger partial charge in [0.15, 0.2) is 0 Å². The number of halogens is 1. The van der Waals surface area contributed by atoms with Crippen molar-refractivity contribution in [3.63, 3.8) is 0 Å². The first-order valence-corrected chi connectivity index (χ1v) is 13.1. The Morgan fingerprint density at radius 3 is 1.60 bits per heavy atom. The first-order valence-electron chi connectivity index (χ1n) is 12.7. The van der Waals surface area contributed by atoms with E-state index in [9.17, 15) is 19.2 Å². The van der Waals surface area contributed by atoms with Gasteiger partial charge in [0.1, 0.15) is 16.5 Å². The molecule has 0 spiro atoms. The number of hydrogen-bond donors (Lipinski definition) is 1. The summed E-state index contributed by atoms with van der Waals surface area (Å²) < 4.78 is 5.13. The van der Waals surface area contributed by atoms with Crippen molar-refractivity contribution < 1.29 is 23.9 Å². The lowest BCUT2D eigenvalue weighted by Gasteiger charge is -2.12. The monoisotopic (exact) mass is 557 g/mol. The summed E-state index contributed by atoms with van der Waals surface area (Å²) >= 11 is 5.90. The first-order chi connectivity index (χ1) is 19.3. The predicted molar refractivity (Wildman–Crippen MR) is 154 cm³/mol. The molecule has 0 unspecified atom stereocenters. The van der Waals surface area contributed by atoms with Crippen molar-refractivity contribution in [3.05, 3.63) is 107 Å². The number of anilines is 1. The minimum absolute atomic E-state index is 0.0121. The van der Waals surface area contributed by atoms with E-state index in [1.165, 1.54) is 4.90 Å². The van der Waals surface area contributed by atoms with Crippen LogP contribution in [0.4, 0.5) is 5.69 Å². The fourth-order valence-electron chi connectivity index (χ4n) is 4.36. The summed E-state index contributed by atoms with van der Waals surface area (Å²) in [5, 5.41) is 3.11. The molecule has 1 N–H and O–H groups in total. The number of amides is 4. The molecule has 2 aliphatic rings. The van der Waals surface area contributed by atoms with E-state index < -0.39 is 5.91 Å². The van der Waals surface area contributed by atoms with Gasteiger partial charge in [0.2, 0.25) is 0 Å². The lowest BCUT2D eigenvalue weighted by molar-refractivity contribution is -0.138. The van der Waals surface area contributed by atoms with Gasteiger partial charge < -0.3 is 10.1 Å². The molecule has 0 bridgehead atoms. The number of methoxy groups -OCH3 is 1.